The number of hydroxylamine groups is 2. The van der Waals surface area contributed by atoms with Crippen LogP contribution in [0.15, 0.2) is 12.1 Å². The summed E-state index contributed by atoms with van der Waals surface area (Å²) in [6.45, 7) is 0.867. The number of aliphatic hydroxyl groups excluding tert-OH is 1. The normalized spacial score (nSPS) is 20.4. The number of aliphatic hydroxyl groups is 1. The predicted molar refractivity (Wildman–Crippen MR) is 99.7 cm³/mol. The zero-order valence-electron chi connectivity index (χ0n) is 16.3. The number of piperazine rings is 1. The van der Waals surface area contributed by atoms with E-state index in [1.165, 1.54) is 9.80 Å². The van der Waals surface area contributed by atoms with Crippen LogP contribution in [0.25, 0.3) is 0 Å². The van der Waals surface area contributed by atoms with Crippen molar-refractivity contribution in [3.63, 3.8) is 0 Å². The fourth-order valence-corrected chi connectivity index (χ4v) is 3.48. The molecule has 164 valence electrons. The van der Waals surface area contributed by atoms with Crippen molar-refractivity contribution in [2.75, 3.05) is 55.7 Å². The van der Waals surface area contributed by atoms with Crippen molar-refractivity contribution in [3.8, 4) is 0 Å². The minimum absolute atomic E-state index is 0.0642. The van der Waals surface area contributed by atoms with Crippen LogP contribution in [0.5, 0.6) is 0 Å². The Kier molecular flexibility index (Phi) is 6.48. The molecule has 10 nitrogen and oxygen atoms in total. The van der Waals surface area contributed by atoms with E-state index in [0.717, 1.165) is 24.0 Å². The van der Waals surface area contributed by atoms with Gasteiger partial charge in [0, 0.05) is 38.3 Å². The highest BCUT2D eigenvalue weighted by Gasteiger charge is 2.36. The Morgan fingerprint density at radius 2 is 1.83 bits per heavy atom. The first-order valence-corrected chi connectivity index (χ1v) is 9.35. The van der Waals surface area contributed by atoms with Crippen molar-refractivity contribution in [1.29, 1.82) is 0 Å². The lowest BCUT2D eigenvalue weighted by atomic mass is 10.2. The molecule has 0 saturated carbocycles. The molecule has 0 aliphatic carbocycles. The molecule has 2 heterocycles. The van der Waals surface area contributed by atoms with E-state index in [1.54, 1.807) is 0 Å². The second-order valence-corrected chi connectivity index (χ2v) is 7.08. The third-order valence-electron chi connectivity index (χ3n) is 5.08. The maximum absolute atomic E-state index is 14.7. The lowest BCUT2D eigenvalue weighted by molar-refractivity contribution is -0.768. The number of ether oxygens (including phenoxy) is 1. The molecule has 0 aromatic heterocycles. The molecule has 2 atom stereocenters. The van der Waals surface area contributed by atoms with Crippen molar-refractivity contribution in [3.05, 3.63) is 29.0 Å². The Morgan fingerprint density at radius 3 is 2.37 bits per heavy atom. The Hall–Kier alpha value is -2.83. The van der Waals surface area contributed by atoms with Crippen LogP contribution in [-0.4, -0.2) is 79.9 Å². The van der Waals surface area contributed by atoms with Crippen molar-refractivity contribution in [2.24, 2.45) is 0 Å². The predicted octanol–water partition coefficient (Wildman–Crippen LogP) is -1.14. The van der Waals surface area contributed by atoms with Gasteiger partial charge >= 0.3 is 12.0 Å². The fraction of sp³-hybridized carbons (Fsp3) is 0.500. The molecular formula is C18H22F2N4O6. The van der Waals surface area contributed by atoms with E-state index in [1.807, 2.05) is 0 Å². The lowest BCUT2D eigenvalue weighted by Crippen LogP contribution is -3.10. The van der Waals surface area contributed by atoms with Crippen LogP contribution in [0.1, 0.15) is 6.92 Å². The first-order chi connectivity index (χ1) is 14.2. The summed E-state index contributed by atoms with van der Waals surface area (Å²) in [6, 6.07) is 2.00. The smallest absolute Gasteiger partial charge is 0.414 e. The van der Waals surface area contributed by atoms with E-state index < -0.39 is 47.3 Å². The molecular weight excluding hydrogens is 406 g/mol. The summed E-state index contributed by atoms with van der Waals surface area (Å²) in [5, 5.41) is 19.7. The van der Waals surface area contributed by atoms with Crippen LogP contribution in [0.4, 0.5) is 25.0 Å². The Balaban J connectivity index is 1.71. The Labute approximate surface area is 170 Å². The van der Waals surface area contributed by atoms with E-state index in [4.69, 9.17) is 9.84 Å². The van der Waals surface area contributed by atoms with Crippen LogP contribution in [0.2, 0.25) is 0 Å². The third kappa shape index (κ3) is 4.50. The lowest BCUT2D eigenvalue weighted by Gasteiger charge is -2.36. The van der Waals surface area contributed by atoms with Gasteiger partial charge in [0.15, 0.2) is 17.7 Å². The highest BCUT2D eigenvalue weighted by Crippen LogP contribution is 2.31. The van der Waals surface area contributed by atoms with Crippen molar-refractivity contribution in [2.45, 2.75) is 13.0 Å². The number of nitrogens with one attached hydrogen (secondary N) is 1. The fourth-order valence-electron chi connectivity index (χ4n) is 3.48. The van der Waals surface area contributed by atoms with Gasteiger partial charge in [-0.2, -0.15) is 0 Å². The SMILES string of the molecule is CC(=O)[NH+]([O-])C[C@@H]1CN(c2cc(F)c(N3CCN(C(=O)CO)CC3)c(F)c2)C(=O)O1. The van der Waals surface area contributed by atoms with E-state index in [0.29, 0.717) is 0 Å². The molecule has 2 fully saturated rings. The third-order valence-corrected chi connectivity index (χ3v) is 5.08. The number of carbonyl (C=O) groups is 3. The number of hydrogen-bond donors (Lipinski definition) is 2. The molecule has 2 N–H and O–H groups in total. The van der Waals surface area contributed by atoms with Gasteiger partial charge in [-0.05, 0) is 0 Å². The van der Waals surface area contributed by atoms with E-state index >= 15 is 0 Å². The molecule has 1 unspecified atom stereocenters. The molecule has 12 heteroatoms. The number of cyclic esters (lactones) is 1. The van der Waals surface area contributed by atoms with E-state index in [2.05, 4.69) is 0 Å². The molecule has 3 rings (SSSR count). The summed E-state index contributed by atoms with van der Waals surface area (Å²) in [4.78, 5) is 38.5. The van der Waals surface area contributed by atoms with Crippen LogP contribution >= 0.6 is 0 Å². The van der Waals surface area contributed by atoms with Crippen LogP contribution in [0.3, 0.4) is 0 Å². The highest BCUT2D eigenvalue weighted by molar-refractivity contribution is 5.90. The largest absolute Gasteiger partial charge is 0.627 e. The molecule has 2 aliphatic rings. The average molecular weight is 428 g/mol. The van der Waals surface area contributed by atoms with Gasteiger partial charge in [0.25, 0.3) is 0 Å². The monoisotopic (exact) mass is 428 g/mol. The van der Waals surface area contributed by atoms with Gasteiger partial charge in [0.05, 0.1) is 19.2 Å². The zero-order chi connectivity index (χ0) is 22.0. The summed E-state index contributed by atoms with van der Waals surface area (Å²) in [7, 11) is 0. The molecule has 3 amide bonds. The highest BCUT2D eigenvalue weighted by atomic mass is 19.1. The first kappa shape index (κ1) is 21.9. The average Bonchev–Trinajstić information content (AvgIpc) is 3.07. The number of quaternary nitrogens is 1. The van der Waals surface area contributed by atoms with Gasteiger partial charge in [-0.15, -0.1) is 0 Å². The molecule has 1 aromatic carbocycles. The second kappa shape index (κ2) is 8.90. The Morgan fingerprint density at radius 1 is 1.23 bits per heavy atom. The molecule has 0 bridgehead atoms. The zero-order valence-corrected chi connectivity index (χ0v) is 16.3. The number of hydrogen-bond acceptors (Lipinski definition) is 7. The number of rotatable bonds is 5. The number of carbonyl (C=O) groups excluding carboxylic acids is 3. The van der Waals surface area contributed by atoms with Gasteiger partial charge in [-0.3, -0.25) is 9.69 Å². The number of anilines is 2. The summed E-state index contributed by atoms with van der Waals surface area (Å²) < 4.78 is 34.5. The van der Waals surface area contributed by atoms with Gasteiger partial charge in [-0.25, -0.2) is 18.4 Å². The number of nitrogens with zero attached hydrogens (tertiary/aromatic N) is 3. The van der Waals surface area contributed by atoms with Crippen molar-refractivity contribution >= 4 is 29.3 Å². The van der Waals surface area contributed by atoms with Crippen LogP contribution in [-0.2, 0) is 14.3 Å². The van der Waals surface area contributed by atoms with Crippen LogP contribution in [0, 0.1) is 16.8 Å². The molecule has 2 saturated heterocycles. The Bertz CT molecular complexity index is 823. The maximum Gasteiger partial charge on any atom is 0.414 e. The molecule has 1 aromatic rings. The van der Waals surface area contributed by atoms with Crippen molar-refractivity contribution < 1.29 is 38.1 Å². The van der Waals surface area contributed by atoms with Gasteiger partial charge in [-0.1, -0.05) is 0 Å². The topological polar surface area (TPSA) is 118 Å². The van der Waals surface area contributed by atoms with E-state index in [-0.39, 0.29) is 50.6 Å². The number of halogens is 2. The standard InChI is InChI=1S/C18H22F2N4O6/c1-11(26)24(29)9-13-8-23(18(28)30-13)12-6-14(19)17(15(20)7-12)22-4-2-21(3-5-22)16(27)10-25/h6-7,13,24-25H,2-5,8-10H2,1H3/t13-/m0/s1. The minimum atomic E-state index is -0.886. The number of benzene rings is 1. The van der Waals surface area contributed by atoms with Gasteiger partial charge < -0.3 is 29.9 Å². The minimum Gasteiger partial charge on any atom is -0.627 e. The van der Waals surface area contributed by atoms with Crippen LogP contribution < -0.4 is 14.9 Å². The summed E-state index contributed by atoms with van der Waals surface area (Å²) >= 11 is 0. The summed E-state index contributed by atoms with van der Waals surface area (Å²) in [5.74, 6) is -2.88. The quantitative estimate of drug-likeness (QED) is 0.570. The molecule has 0 spiro atoms. The maximum atomic E-state index is 14.7. The van der Waals surface area contributed by atoms with Gasteiger partial charge in [0.1, 0.15) is 18.8 Å². The number of amides is 3. The summed E-state index contributed by atoms with van der Waals surface area (Å²) in [6.07, 6.45) is -1.74. The summed E-state index contributed by atoms with van der Waals surface area (Å²) in [5.41, 5.74) is -0.337. The molecule has 2 aliphatic heterocycles. The second-order valence-electron chi connectivity index (χ2n) is 7.08. The van der Waals surface area contributed by atoms with Gasteiger partial charge in [0.2, 0.25) is 5.91 Å². The molecule has 0 radical (unpaired) electrons. The van der Waals surface area contributed by atoms with E-state index in [9.17, 15) is 28.4 Å². The first-order valence-electron chi connectivity index (χ1n) is 9.35. The van der Waals surface area contributed by atoms with Crippen molar-refractivity contribution in [1.82, 2.24) is 4.90 Å². The molecule has 30 heavy (non-hydrogen) atoms.